The molecule has 0 aliphatic rings. The van der Waals surface area contributed by atoms with Crippen LogP contribution in [-0.4, -0.2) is 65.4 Å². The predicted octanol–water partition coefficient (Wildman–Crippen LogP) is 3.98. The molecule has 190 valence electrons. The van der Waals surface area contributed by atoms with E-state index in [0.717, 1.165) is 65.4 Å². The van der Waals surface area contributed by atoms with Gasteiger partial charge in [0.15, 0.2) is 0 Å². The minimum atomic E-state index is 0. The highest BCUT2D eigenvalue weighted by Crippen LogP contribution is 1.88. The molecule has 0 radical (unpaired) electrons. The van der Waals surface area contributed by atoms with Crippen molar-refractivity contribution in [3.63, 3.8) is 0 Å². The molecule has 0 saturated carbocycles. The smallest absolute Gasteiger partial charge is 0.0135 e. The predicted molar refractivity (Wildman–Crippen MR) is 149 cm³/mol. The monoisotopic (exact) mass is 535 g/mol. The fourth-order valence-electron chi connectivity index (χ4n) is 2.52. The third-order valence-corrected chi connectivity index (χ3v) is 4.06. The van der Waals surface area contributed by atoms with Crippen LogP contribution in [-0.2, 0) is 0 Å². The molecule has 0 aromatic heterocycles. The van der Waals surface area contributed by atoms with Crippen LogP contribution in [0.4, 0.5) is 0 Å². The molecule has 5 N–H and O–H groups in total. The molecular formula is C20H50Cl5N5. The summed E-state index contributed by atoms with van der Waals surface area (Å²) in [5.74, 6) is 0. The van der Waals surface area contributed by atoms with Crippen molar-refractivity contribution in [2.45, 2.75) is 52.4 Å². The number of unbranched alkanes of at least 4 members (excludes halogenated alkanes) is 3. The zero-order valence-corrected chi connectivity index (χ0v) is 23.1. The maximum atomic E-state index is 3.53. The second-order valence-electron chi connectivity index (χ2n) is 6.46. The van der Waals surface area contributed by atoms with Crippen LogP contribution in [0.2, 0.25) is 0 Å². The van der Waals surface area contributed by atoms with Gasteiger partial charge in [0.25, 0.3) is 0 Å². The third-order valence-electron chi connectivity index (χ3n) is 4.06. The standard InChI is InChI=1S/C20H45N5.5ClH/c1-3-21-13-5-7-15-23-17-9-11-19-25-20-12-10-18-24-16-8-6-14-22-4-2;;;;;/h9,11,21-25H,3-8,10,12-20H2,1-2H3;5*1H/b11-9-;;;;;. The average molecular weight is 538 g/mol. The van der Waals surface area contributed by atoms with Gasteiger partial charge in [-0.1, -0.05) is 26.0 Å². The summed E-state index contributed by atoms with van der Waals surface area (Å²) in [5.41, 5.74) is 0. The van der Waals surface area contributed by atoms with Gasteiger partial charge in [0.05, 0.1) is 0 Å². The van der Waals surface area contributed by atoms with Crippen LogP contribution in [0, 0.1) is 0 Å². The lowest BCUT2D eigenvalue weighted by molar-refractivity contribution is 0.563. The highest BCUT2D eigenvalue weighted by molar-refractivity contribution is 5.86. The van der Waals surface area contributed by atoms with E-state index in [0.29, 0.717) is 0 Å². The number of hydrogen-bond acceptors (Lipinski definition) is 5. The lowest BCUT2D eigenvalue weighted by Crippen LogP contribution is -2.21. The largest absolute Gasteiger partial charge is 0.317 e. The van der Waals surface area contributed by atoms with Gasteiger partial charge in [-0.25, -0.2) is 0 Å². The Morgan fingerprint density at radius 1 is 0.400 bits per heavy atom. The van der Waals surface area contributed by atoms with Crippen molar-refractivity contribution in [2.75, 3.05) is 65.4 Å². The molecule has 0 unspecified atom stereocenters. The molecule has 0 spiro atoms. The first-order valence-electron chi connectivity index (χ1n) is 10.6. The molecule has 10 heteroatoms. The first kappa shape index (κ1) is 44.6. The number of rotatable bonds is 21. The van der Waals surface area contributed by atoms with Crippen molar-refractivity contribution in [2.24, 2.45) is 0 Å². The van der Waals surface area contributed by atoms with E-state index in [-0.39, 0.29) is 62.0 Å². The molecule has 0 atom stereocenters. The summed E-state index contributed by atoms with van der Waals surface area (Å²) in [5, 5.41) is 17.2. The minimum absolute atomic E-state index is 0. The maximum Gasteiger partial charge on any atom is 0.0135 e. The van der Waals surface area contributed by atoms with Crippen molar-refractivity contribution < 1.29 is 0 Å². The van der Waals surface area contributed by atoms with Crippen LogP contribution in [0.15, 0.2) is 12.2 Å². The Morgan fingerprint density at radius 3 is 0.967 bits per heavy atom. The summed E-state index contributed by atoms with van der Waals surface area (Å²) in [6, 6.07) is 0. The molecule has 0 fully saturated rings. The van der Waals surface area contributed by atoms with Gasteiger partial charge < -0.3 is 26.6 Å². The average Bonchev–Trinajstić information content (AvgIpc) is 2.63. The summed E-state index contributed by atoms with van der Waals surface area (Å²) in [6.07, 6.45) is 12.0. The lowest BCUT2D eigenvalue weighted by Gasteiger charge is -2.05. The fraction of sp³-hybridized carbons (Fsp3) is 0.900. The Balaban J connectivity index is -0.000000288. The van der Waals surface area contributed by atoms with Gasteiger partial charge in [-0.3, -0.25) is 0 Å². The van der Waals surface area contributed by atoms with Gasteiger partial charge in [-0.15, -0.1) is 62.0 Å². The Morgan fingerprint density at radius 2 is 0.667 bits per heavy atom. The molecule has 0 aliphatic carbocycles. The van der Waals surface area contributed by atoms with Gasteiger partial charge in [0.2, 0.25) is 0 Å². The highest BCUT2D eigenvalue weighted by atomic mass is 35.5. The van der Waals surface area contributed by atoms with E-state index in [1.807, 2.05) is 0 Å². The van der Waals surface area contributed by atoms with Gasteiger partial charge in [0.1, 0.15) is 0 Å². The quantitative estimate of drug-likeness (QED) is 0.113. The van der Waals surface area contributed by atoms with E-state index < -0.39 is 0 Å². The van der Waals surface area contributed by atoms with E-state index in [9.17, 15) is 0 Å². The van der Waals surface area contributed by atoms with E-state index in [1.165, 1.54) is 38.5 Å². The Bertz CT molecular complexity index is 278. The highest BCUT2D eigenvalue weighted by Gasteiger charge is 1.91. The van der Waals surface area contributed by atoms with Crippen LogP contribution in [0.1, 0.15) is 52.4 Å². The van der Waals surface area contributed by atoms with Crippen LogP contribution >= 0.6 is 62.0 Å². The number of halogens is 5. The third kappa shape index (κ3) is 43.0. The van der Waals surface area contributed by atoms with Gasteiger partial charge in [0, 0.05) is 13.1 Å². The summed E-state index contributed by atoms with van der Waals surface area (Å²) < 4.78 is 0. The van der Waals surface area contributed by atoms with Crippen molar-refractivity contribution >= 4 is 62.0 Å². The zero-order chi connectivity index (χ0) is 18.3. The number of hydrogen-bond donors (Lipinski definition) is 5. The molecule has 0 amide bonds. The van der Waals surface area contributed by atoms with Gasteiger partial charge in [-0.05, 0) is 90.9 Å². The van der Waals surface area contributed by atoms with Crippen LogP contribution in [0.25, 0.3) is 0 Å². The number of nitrogens with one attached hydrogen (secondary N) is 5. The van der Waals surface area contributed by atoms with Gasteiger partial charge in [-0.2, -0.15) is 0 Å². The second-order valence-corrected chi connectivity index (χ2v) is 6.46. The molecule has 30 heavy (non-hydrogen) atoms. The van der Waals surface area contributed by atoms with Crippen LogP contribution in [0.5, 0.6) is 0 Å². The van der Waals surface area contributed by atoms with Crippen molar-refractivity contribution in [1.29, 1.82) is 0 Å². The Hall–Kier alpha value is 0.990. The molecule has 0 heterocycles. The van der Waals surface area contributed by atoms with E-state index in [1.54, 1.807) is 0 Å². The summed E-state index contributed by atoms with van der Waals surface area (Å²) in [4.78, 5) is 0. The van der Waals surface area contributed by atoms with E-state index >= 15 is 0 Å². The molecule has 0 aliphatic heterocycles. The van der Waals surface area contributed by atoms with Crippen molar-refractivity contribution in [3.8, 4) is 0 Å². The molecule has 0 saturated heterocycles. The SMILES string of the molecule is CCNCCCCNC/C=C\CNCCCCNCCCCNCC.Cl.Cl.Cl.Cl.Cl. The van der Waals surface area contributed by atoms with Crippen LogP contribution < -0.4 is 26.6 Å². The molecule has 0 aromatic carbocycles. The first-order chi connectivity index (χ1) is 12.4. The molecule has 0 aromatic rings. The Kier molecular flexibility index (Phi) is 65.2. The van der Waals surface area contributed by atoms with E-state index in [2.05, 4.69) is 52.6 Å². The topological polar surface area (TPSA) is 60.1 Å². The normalized spacial score (nSPS) is 9.67. The fourth-order valence-corrected chi connectivity index (χ4v) is 2.52. The van der Waals surface area contributed by atoms with Crippen molar-refractivity contribution in [3.05, 3.63) is 12.2 Å². The zero-order valence-electron chi connectivity index (χ0n) is 19.0. The van der Waals surface area contributed by atoms with Gasteiger partial charge >= 0.3 is 0 Å². The molecular weight excluding hydrogens is 488 g/mol. The molecule has 0 bridgehead atoms. The summed E-state index contributed by atoms with van der Waals surface area (Å²) in [6.45, 7) is 15.3. The van der Waals surface area contributed by atoms with Crippen molar-refractivity contribution in [1.82, 2.24) is 26.6 Å². The Labute approximate surface area is 217 Å². The van der Waals surface area contributed by atoms with Crippen LogP contribution in [0.3, 0.4) is 0 Å². The van der Waals surface area contributed by atoms with E-state index in [4.69, 9.17) is 0 Å². The molecule has 0 rings (SSSR count). The molecule has 5 nitrogen and oxygen atoms in total. The second kappa shape index (κ2) is 43.8. The minimum Gasteiger partial charge on any atom is -0.317 e. The first-order valence-corrected chi connectivity index (χ1v) is 10.6. The summed E-state index contributed by atoms with van der Waals surface area (Å²) in [7, 11) is 0. The maximum absolute atomic E-state index is 3.53. The lowest BCUT2D eigenvalue weighted by atomic mass is 10.2. The summed E-state index contributed by atoms with van der Waals surface area (Å²) >= 11 is 0.